The van der Waals surface area contributed by atoms with Crippen LogP contribution in [-0.4, -0.2) is 18.4 Å². The molecule has 3 nitrogen and oxygen atoms in total. The lowest BCUT2D eigenvalue weighted by Gasteiger charge is -2.10. The van der Waals surface area contributed by atoms with Crippen molar-refractivity contribution >= 4 is 11.8 Å². The maximum atomic E-state index is 13.3. The Morgan fingerprint density at radius 2 is 1.83 bits per heavy atom. The summed E-state index contributed by atoms with van der Waals surface area (Å²) in [7, 11) is 0. The van der Waals surface area contributed by atoms with E-state index in [4.69, 9.17) is 0 Å². The summed E-state index contributed by atoms with van der Waals surface area (Å²) in [6.07, 6.45) is -0.460. The molecule has 5 heteroatoms. The summed E-state index contributed by atoms with van der Waals surface area (Å²) in [5.74, 6) is -3.86. The van der Waals surface area contributed by atoms with Gasteiger partial charge < -0.3 is 4.74 Å². The number of ether oxygens (including phenoxy) is 1. The lowest BCUT2D eigenvalue weighted by Crippen LogP contribution is -2.25. The molecule has 1 aromatic rings. The van der Waals surface area contributed by atoms with Crippen LogP contribution >= 0.6 is 0 Å². The van der Waals surface area contributed by atoms with Crippen LogP contribution in [0.5, 0.6) is 0 Å². The van der Waals surface area contributed by atoms with Gasteiger partial charge in [0.1, 0.15) is 17.6 Å². The summed E-state index contributed by atoms with van der Waals surface area (Å²) in [6.45, 7) is 3.13. The van der Waals surface area contributed by atoms with E-state index < -0.39 is 35.7 Å². The molecule has 1 atom stereocenters. The van der Waals surface area contributed by atoms with Crippen molar-refractivity contribution in [1.29, 1.82) is 0 Å². The Balaban J connectivity index is 2.79. The maximum absolute atomic E-state index is 13.3. The Labute approximate surface area is 104 Å². The van der Waals surface area contributed by atoms with Gasteiger partial charge in [-0.05, 0) is 26.0 Å². The minimum Gasteiger partial charge on any atom is -0.465 e. The average molecular weight is 256 g/mol. The first-order valence-corrected chi connectivity index (χ1v) is 5.59. The second-order valence-electron chi connectivity index (χ2n) is 3.82. The molecule has 0 spiro atoms. The van der Waals surface area contributed by atoms with Crippen LogP contribution in [0.4, 0.5) is 8.78 Å². The molecule has 0 amide bonds. The van der Waals surface area contributed by atoms with Crippen LogP contribution in [0.15, 0.2) is 18.2 Å². The van der Waals surface area contributed by atoms with Gasteiger partial charge in [0.25, 0.3) is 0 Å². The highest BCUT2D eigenvalue weighted by Crippen LogP contribution is 2.15. The molecule has 0 bridgehead atoms. The van der Waals surface area contributed by atoms with E-state index in [0.29, 0.717) is 0 Å². The fraction of sp³-hybridized carbons (Fsp3) is 0.385. The lowest BCUT2D eigenvalue weighted by atomic mass is 9.99. The van der Waals surface area contributed by atoms with Gasteiger partial charge >= 0.3 is 5.97 Å². The van der Waals surface area contributed by atoms with E-state index in [1.165, 1.54) is 13.0 Å². The highest BCUT2D eigenvalue weighted by Gasteiger charge is 2.24. The number of hydrogen-bond acceptors (Lipinski definition) is 3. The number of rotatable bonds is 5. The summed E-state index contributed by atoms with van der Waals surface area (Å²) in [4.78, 5) is 23.0. The SMILES string of the molecule is CCOC(=O)[C@H](C)C(=O)Cc1c(F)cccc1F. The van der Waals surface area contributed by atoms with Gasteiger partial charge in [-0.3, -0.25) is 9.59 Å². The van der Waals surface area contributed by atoms with E-state index >= 15 is 0 Å². The molecule has 0 fully saturated rings. The minimum absolute atomic E-state index is 0.157. The Morgan fingerprint density at radius 3 is 2.33 bits per heavy atom. The molecular weight excluding hydrogens is 242 g/mol. The van der Waals surface area contributed by atoms with Gasteiger partial charge in [0, 0.05) is 12.0 Å². The Bertz CT molecular complexity index is 437. The quantitative estimate of drug-likeness (QED) is 0.599. The first-order valence-electron chi connectivity index (χ1n) is 5.59. The van der Waals surface area contributed by atoms with E-state index in [9.17, 15) is 18.4 Å². The molecule has 0 aliphatic carbocycles. The number of Topliss-reactive ketones (excluding diaryl/α,β-unsaturated/α-hetero) is 1. The molecule has 0 aromatic heterocycles. The third-order valence-electron chi connectivity index (χ3n) is 2.54. The molecule has 0 aliphatic heterocycles. The summed E-state index contributed by atoms with van der Waals surface area (Å²) in [5, 5.41) is 0. The first kappa shape index (κ1) is 14.3. The number of ketones is 1. The van der Waals surface area contributed by atoms with Crippen LogP contribution < -0.4 is 0 Å². The highest BCUT2D eigenvalue weighted by atomic mass is 19.1. The third-order valence-corrected chi connectivity index (χ3v) is 2.54. The van der Waals surface area contributed by atoms with Crippen molar-refractivity contribution in [2.24, 2.45) is 5.92 Å². The van der Waals surface area contributed by atoms with E-state index in [1.807, 2.05) is 0 Å². The van der Waals surface area contributed by atoms with Crippen molar-refractivity contribution in [2.75, 3.05) is 6.61 Å². The summed E-state index contributed by atoms with van der Waals surface area (Å²) >= 11 is 0. The predicted octanol–water partition coefficient (Wildman–Crippen LogP) is 2.28. The zero-order valence-electron chi connectivity index (χ0n) is 10.2. The van der Waals surface area contributed by atoms with Gasteiger partial charge in [0.2, 0.25) is 0 Å². The van der Waals surface area contributed by atoms with Crippen molar-refractivity contribution in [3.8, 4) is 0 Å². The van der Waals surface area contributed by atoms with E-state index in [1.54, 1.807) is 6.92 Å². The molecule has 98 valence electrons. The number of hydrogen-bond donors (Lipinski definition) is 0. The standard InChI is InChI=1S/C13H14F2O3/c1-3-18-13(17)8(2)12(16)7-9-10(14)5-4-6-11(9)15/h4-6,8H,3,7H2,1-2H3/t8-/m1/s1. The smallest absolute Gasteiger partial charge is 0.316 e. The van der Waals surface area contributed by atoms with Crippen LogP contribution in [0, 0.1) is 17.6 Å². The predicted molar refractivity (Wildman–Crippen MR) is 60.9 cm³/mol. The van der Waals surface area contributed by atoms with Gasteiger partial charge in [-0.15, -0.1) is 0 Å². The van der Waals surface area contributed by atoms with Gasteiger partial charge in [0.05, 0.1) is 6.61 Å². The number of carbonyl (C=O) groups excluding carboxylic acids is 2. The molecule has 0 saturated carbocycles. The molecular formula is C13H14F2O3. The van der Waals surface area contributed by atoms with Crippen LogP contribution in [0.1, 0.15) is 19.4 Å². The fourth-order valence-electron chi connectivity index (χ4n) is 1.43. The van der Waals surface area contributed by atoms with Crippen LogP contribution in [0.2, 0.25) is 0 Å². The summed E-state index contributed by atoms with van der Waals surface area (Å²) in [5.41, 5.74) is -0.321. The van der Waals surface area contributed by atoms with Crippen molar-refractivity contribution in [2.45, 2.75) is 20.3 Å². The van der Waals surface area contributed by atoms with Gasteiger partial charge in [0.15, 0.2) is 5.78 Å². The number of halogens is 2. The zero-order chi connectivity index (χ0) is 13.7. The second-order valence-corrected chi connectivity index (χ2v) is 3.82. The van der Waals surface area contributed by atoms with Crippen molar-refractivity contribution < 1.29 is 23.1 Å². The topological polar surface area (TPSA) is 43.4 Å². The molecule has 0 unspecified atom stereocenters. The molecule has 0 heterocycles. The van der Waals surface area contributed by atoms with E-state index in [0.717, 1.165) is 12.1 Å². The van der Waals surface area contributed by atoms with E-state index in [2.05, 4.69) is 4.74 Å². The molecule has 1 rings (SSSR count). The Morgan fingerprint density at radius 1 is 1.28 bits per heavy atom. The van der Waals surface area contributed by atoms with Crippen LogP contribution in [-0.2, 0) is 20.7 Å². The molecule has 0 saturated heterocycles. The Hall–Kier alpha value is -1.78. The third kappa shape index (κ3) is 3.35. The highest BCUT2D eigenvalue weighted by molar-refractivity contribution is 5.99. The Kier molecular flexibility index (Phi) is 4.95. The van der Waals surface area contributed by atoms with Crippen molar-refractivity contribution in [1.82, 2.24) is 0 Å². The van der Waals surface area contributed by atoms with Gasteiger partial charge in [-0.25, -0.2) is 8.78 Å². The van der Waals surface area contributed by atoms with Gasteiger partial charge in [-0.2, -0.15) is 0 Å². The van der Waals surface area contributed by atoms with Crippen LogP contribution in [0.3, 0.4) is 0 Å². The molecule has 0 aliphatic rings. The summed E-state index contributed by atoms with van der Waals surface area (Å²) in [6, 6.07) is 3.36. The van der Waals surface area contributed by atoms with Crippen molar-refractivity contribution in [3.05, 3.63) is 35.4 Å². The summed E-state index contributed by atoms with van der Waals surface area (Å²) < 4.78 is 31.3. The van der Waals surface area contributed by atoms with Crippen molar-refractivity contribution in [3.63, 3.8) is 0 Å². The van der Waals surface area contributed by atoms with E-state index in [-0.39, 0.29) is 12.2 Å². The normalized spacial score (nSPS) is 12.0. The minimum atomic E-state index is -1.02. The molecule has 1 aromatic carbocycles. The monoisotopic (exact) mass is 256 g/mol. The number of carbonyl (C=O) groups is 2. The lowest BCUT2D eigenvalue weighted by molar-refractivity contribution is -0.150. The molecule has 0 radical (unpaired) electrons. The zero-order valence-corrected chi connectivity index (χ0v) is 10.2. The largest absolute Gasteiger partial charge is 0.465 e. The second kappa shape index (κ2) is 6.23. The average Bonchev–Trinajstić information content (AvgIpc) is 2.33. The fourth-order valence-corrected chi connectivity index (χ4v) is 1.43. The number of esters is 1. The first-order chi connectivity index (χ1) is 8.47. The molecule has 18 heavy (non-hydrogen) atoms. The maximum Gasteiger partial charge on any atom is 0.316 e. The molecule has 0 N–H and O–H groups in total. The van der Waals surface area contributed by atoms with Crippen LogP contribution in [0.25, 0.3) is 0 Å². The number of benzene rings is 1. The van der Waals surface area contributed by atoms with Gasteiger partial charge in [-0.1, -0.05) is 6.07 Å².